The summed E-state index contributed by atoms with van der Waals surface area (Å²) in [5.74, 6) is 0.884. The highest BCUT2D eigenvalue weighted by Gasteiger charge is 2.17. The summed E-state index contributed by atoms with van der Waals surface area (Å²) in [4.78, 5) is 1.06. The van der Waals surface area contributed by atoms with Crippen molar-refractivity contribution < 1.29 is 4.74 Å². The molecule has 1 aromatic heterocycles. The molecule has 0 radical (unpaired) electrons. The minimum absolute atomic E-state index is 0.146. The predicted molar refractivity (Wildman–Crippen MR) is 59.5 cm³/mol. The monoisotopic (exact) mass is 229 g/mol. The van der Waals surface area contributed by atoms with Gasteiger partial charge in [-0.25, -0.2) is 0 Å². The summed E-state index contributed by atoms with van der Waals surface area (Å²) >= 11 is 7.36. The second-order valence-corrected chi connectivity index (χ2v) is 4.96. The minimum Gasteiger partial charge on any atom is -0.496 e. The number of thiophene rings is 1. The molecule has 0 spiro atoms. The van der Waals surface area contributed by atoms with E-state index >= 15 is 0 Å². The number of hydrogen-bond donors (Lipinski definition) is 1. The summed E-state index contributed by atoms with van der Waals surface area (Å²) in [6.07, 6.45) is 4.21. The van der Waals surface area contributed by atoms with E-state index in [4.69, 9.17) is 22.1 Å². The fourth-order valence-corrected chi connectivity index (χ4v) is 2.50. The molecular formula is C10H12ClNOS. The van der Waals surface area contributed by atoms with E-state index < -0.39 is 0 Å². The van der Waals surface area contributed by atoms with Gasteiger partial charge < -0.3 is 10.5 Å². The van der Waals surface area contributed by atoms with Crippen LogP contribution in [0.1, 0.15) is 23.8 Å². The first-order valence-corrected chi connectivity index (χ1v) is 5.80. The first kappa shape index (κ1) is 10.0. The zero-order chi connectivity index (χ0) is 9.97. The van der Waals surface area contributed by atoms with E-state index in [2.05, 4.69) is 6.08 Å². The third-order valence-corrected chi connectivity index (χ3v) is 3.48. The quantitative estimate of drug-likeness (QED) is 0.846. The standard InChI is InChI=1S/C10H12ClNOS/c11-9-5-4-8(14-9)10(12)7-3-1-2-6-13-7/h3-5,10H,1-2,6,12H2. The first-order chi connectivity index (χ1) is 6.77. The predicted octanol–water partition coefficient (Wildman–Crippen LogP) is 3.10. The number of nitrogens with two attached hydrogens (primary N) is 1. The second kappa shape index (κ2) is 4.34. The van der Waals surface area contributed by atoms with E-state index in [1.54, 1.807) is 0 Å². The van der Waals surface area contributed by atoms with Crippen LogP contribution >= 0.6 is 22.9 Å². The van der Waals surface area contributed by atoms with E-state index in [0.29, 0.717) is 0 Å². The van der Waals surface area contributed by atoms with Gasteiger partial charge in [-0.1, -0.05) is 11.6 Å². The molecule has 2 rings (SSSR count). The number of allylic oxidation sites excluding steroid dienone is 1. The van der Waals surface area contributed by atoms with Gasteiger partial charge >= 0.3 is 0 Å². The van der Waals surface area contributed by atoms with Gasteiger partial charge in [-0.05, 0) is 31.1 Å². The maximum absolute atomic E-state index is 6.04. The molecule has 0 aliphatic carbocycles. The fraction of sp³-hybridized carbons (Fsp3) is 0.400. The Labute approximate surface area is 92.3 Å². The lowest BCUT2D eigenvalue weighted by Crippen LogP contribution is -2.16. The third kappa shape index (κ3) is 2.11. The van der Waals surface area contributed by atoms with Crippen LogP contribution in [0.2, 0.25) is 4.34 Å². The molecule has 0 aromatic carbocycles. The molecule has 0 fully saturated rings. The van der Waals surface area contributed by atoms with Crippen LogP contribution in [0.25, 0.3) is 0 Å². The van der Waals surface area contributed by atoms with Gasteiger partial charge in [-0.3, -0.25) is 0 Å². The zero-order valence-corrected chi connectivity index (χ0v) is 9.27. The molecule has 14 heavy (non-hydrogen) atoms. The molecule has 0 saturated heterocycles. The van der Waals surface area contributed by atoms with Crippen LogP contribution in [0, 0.1) is 0 Å². The minimum atomic E-state index is -0.146. The Morgan fingerprint density at radius 3 is 2.93 bits per heavy atom. The third-order valence-electron chi connectivity index (χ3n) is 2.17. The Morgan fingerprint density at radius 2 is 2.36 bits per heavy atom. The van der Waals surface area contributed by atoms with Crippen molar-refractivity contribution >= 4 is 22.9 Å². The van der Waals surface area contributed by atoms with Gasteiger partial charge in [0, 0.05) is 4.88 Å². The van der Waals surface area contributed by atoms with E-state index in [1.807, 2.05) is 12.1 Å². The van der Waals surface area contributed by atoms with Crippen LogP contribution in [-0.2, 0) is 4.74 Å². The molecule has 1 aliphatic heterocycles. The van der Waals surface area contributed by atoms with E-state index in [9.17, 15) is 0 Å². The summed E-state index contributed by atoms with van der Waals surface area (Å²) < 4.78 is 6.27. The van der Waals surface area contributed by atoms with Crippen molar-refractivity contribution in [3.05, 3.63) is 33.2 Å². The van der Waals surface area contributed by atoms with Crippen LogP contribution in [0.5, 0.6) is 0 Å². The normalized spacial score (nSPS) is 18.6. The molecule has 0 amide bonds. The highest BCUT2D eigenvalue weighted by atomic mass is 35.5. The van der Waals surface area contributed by atoms with Gasteiger partial charge in [-0.15, -0.1) is 11.3 Å². The van der Waals surface area contributed by atoms with Gasteiger partial charge in [0.1, 0.15) is 5.76 Å². The molecular weight excluding hydrogens is 218 g/mol. The maximum Gasteiger partial charge on any atom is 0.114 e. The SMILES string of the molecule is NC(C1=CCCCO1)c1ccc(Cl)s1. The first-order valence-electron chi connectivity index (χ1n) is 4.61. The molecule has 1 aromatic rings. The number of hydrogen-bond acceptors (Lipinski definition) is 3. The number of halogens is 1. The highest BCUT2D eigenvalue weighted by molar-refractivity contribution is 7.16. The highest BCUT2D eigenvalue weighted by Crippen LogP contribution is 2.31. The second-order valence-electron chi connectivity index (χ2n) is 3.22. The summed E-state index contributed by atoms with van der Waals surface area (Å²) in [5, 5.41) is 0. The van der Waals surface area contributed by atoms with Gasteiger partial charge in [-0.2, -0.15) is 0 Å². The van der Waals surface area contributed by atoms with E-state index in [1.165, 1.54) is 11.3 Å². The lowest BCUT2D eigenvalue weighted by molar-refractivity contribution is 0.176. The molecule has 2 nitrogen and oxygen atoms in total. The topological polar surface area (TPSA) is 35.2 Å². The van der Waals surface area contributed by atoms with Crippen molar-refractivity contribution in [1.82, 2.24) is 0 Å². The fourth-order valence-electron chi connectivity index (χ4n) is 1.43. The van der Waals surface area contributed by atoms with Crippen LogP contribution in [0.4, 0.5) is 0 Å². The van der Waals surface area contributed by atoms with Crippen molar-refractivity contribution in [1.29, 1.82) is 0 Å². The summed E-state index contributed by atoms with van der Waals surface area (Å²) in [6.45, 7) is 0.776. The Balaban J connectivity index is 2.14. The largest absolute Gasteiger partial charge is 0.496 e. The number of ether oxygens (including phenoxy) is 1. The average Bonchev–Trinajstić information content (AvgIpc) is 2.65. The lowest BCUT2D eigenvalue weighted by atomic mass is 10.1. The Hall–Kier alpha value is -0.510. The Kier molecular flexibility index (Phi) is 3.11. The molecule has 1 unspecified atom stereocenters. The molecule has 2 heterocycles. The van der Waals surface area contributed by atoms with Crippen molar-refractivity contribution in [2.75, 3.05) is 6.61 Å². The van der Waals surface area contributed by atoms with E-state index in [0.717, 1.165) is 34.4 Å². The van der Waals surface area contributed by atoms with Crippen molar-refractivity contribution in [3.8, 4) is 0 Å². The molecule has 0 saturated carbocycles. The maximum atomic E-state index is 6.04. The van der Waals surface area contributed by atoms with Gasteiger partial charge in [0.2, 0.25) is 0 Å². The van der Waals surface area contributed by atoms with Gasteiger partial charge in [0.15, 0.2) is 0 Å². The molecule has 76 valence electrons. The van der Waals surface area contributed by atoms with Gasteiger partial charge in [0.25, 0.3) is 0 Å². The van der Waals surface area contributed by atoms with E-state index in [-0.39, 0.29) is 6.04 Å². The van der Waals surface area contributed by atoms with Crippen molar-refractivity contribution in [2.24, 2.45) is 5.73 Å². The molecule has 2 N–H and O–H groups in total. The van der Waals surface area contributed by atoms with Crippen molar-refractivity contribution in [2.45, 2.75) is 18.9 Å². The number of rotatable bonds is 2. The molecule has 4 heteroatoms. The molecule has 1 aliphatic rings. The molecule has 1 atom stereocenters. The molecule has 0 bridgehead atoms. The van der Waals surface area contributed by atoms with Gasteiger partial charge in [0.05, 0.1) is 17.0 Å². The summed E-state index contributed by atoms with van der Waals surface area (Å²) in [5.41, 5.74) is 6.04. The van der Waals surface area contributed by atoms with Crippen LogP contribution < -0.4 is 5.73 Å². The Morgan fingerprint density at radius 1 is 1.50 bits per heavy atom. The lowest BCUT2D eigenvalue weighted by Gasteiger charge is -2.19. The average molecular weight is 230 g/mol. The summed E-state index contributed by atoms with van der Waals surface area (Å²) in [6, 6.07) is 3.68. The smallest absolute Gasteiger partial charge is 0.114 e. The summed E-state index contributed by atoms with van der Waals surface area (Å²) in [7, 11) is 0. The zero-order valence-electron chi connectivity index (χ0n) is 7.70. The van der Waals surface area contributed by atoms with Crippen LogP contribution in [-0.4, -0.2) is 6.61 Å². The van der Waals surface area contributed by atoms with Crippen LogP contribution in [0.15, 0.2) is 24.0 Å². The van der Waals surface area contributed by atoms with Crippen LogP contribution in [0.3, 0.4) is 0 Å². The Bertz CT molecular complexity index is 348. The van der Waals surface area contributed by atoms with Crippen molar-refractivity contribution in [3.63, 3.8) is 0 Å².